The Bertz CT molecular complexity index is 556. The second-order valence-corrected chi connectivity index (χ2v) is 5.72. The van der Waals surface area contributed by atoms with Crippen molar-refractivity contribution in [2.24, 2.45) is 0 Å². The van der Waals surface area contributed by atoms with E-state index in [2.05, 4.69) is 0 Å². The van der Waals surface area contributed by atoms with Gasteiger partial charge in [-0.15, -0.1) is 0 Å². The van der Waals surface area contributed by atoms with Gasteiger partial charge in [-0.3, -0.25) is 4.79 Å². The first-order valence-corrected chi connectivity index (χ1v) is 7.52. The minimum atomic E-state index is -0.231. The molecule has 2 saturated heterocycles. The molecule has 0 spiro atoms. The molecule has 0 saturated carbocycles. The van der Waals surface area contributed by atoms with Crippen molar-refractivity contribution in [2.45, 2.75) is 18.9 Å². The molecule has 112 valence electrons. The number of carbonyl (C=O) groups excluding carboxylic acids is 2. The molecular formula is C15H17ClN2O3. The molecule has 2 amide bonds. The predicted octanol–water partition coefficient (Wildman–Crippen LogP) is 2.40. The minimum Gasteiger partial charge on any atom is -0.448 e. The van der Waals surface area contributed by atoms with E-state index in [1.807, 2.05) is 12.1 Å². The van der Waals surface area contributed by atoms with E-state index >= 15 is 0 Å². The maximum Gasteiger partial charge on any atom is 0.410 e. The van der Waals surface area contributed by atoms with E-state index in [1.54, 1.807) is 21.9 Å². The number of nitrogens with zero attached hydrogens (tertiary/aromatic N) is 2. The molecule has 0 atom stereocenters. The average Bonchev–Trinajstić information content (AvgIpc) is 2.93. The number of carbonyl (C=O) groups is 2. The number of piperidine rings is 1. The van der Waals surface area contributed by atoms with Crippen molar-refractivity contribution in [1.82, 2.24) is 9.80 Å². The lowest BCUT2D eigenvalue weighted by Crippen LogP contribution is -2.47. The second-order valence-electron chi connectivity index (χ2n) is 5.31. The van der Waals surface area contributed by atoms with Crippen molar-refractivity contribution in [2.75, 3.05) is 26.2 Å². The zero-order chi connectivity index (χ0) is 14.8. The van der Waals surface area contributed by atoms with Crippen LogP contribution in [0.15, 0.2) is 24.3 Å². The summed E-state index contributed by atoms with van der Waals surface area (Å²) in [6.07, 6.45) is 1.34. The average molecular weight is 309 g/mol. The van der Waals surface area contributed by atoms with E-state index in [0.29, 0.717) is 36.8 Å². The lowest BCUT2D eigenvalue weighted by Gasteiger charge is -2.35. The molecule has 3 rings (SSSR count). The zero-order valence-electron chi connectivity index (χ0n) is 11.6. The van der Waals surface area contributed by atoms with E-state index in [4.69, 9.17) is 16.3 Å². The van der Waals surface area contributed by atoms with Gasteiger partial charge in [-0.25, -0.2) is 4.79 Å². The number of amides is 2. The first-order chi connectivity index (χ1) is 10.2. The van der Waals surface area contributed by atoms with Crippen molar-refractivity contribution < 1.29 is 14.3 Å². The Morgan fingerprint density at radius 1 is 1.19 bits per heavy atom. The van der Waals surface area contributed by atoms with Gasteiger partial charge >= 0.3 is 6.09 Å². The third-order valence-corrected chi connectivity index (χ3v) is 4.42. The fourth-order valence-corrected chi connectivity index (χ4v) is 3.14. The SMILES string of the molecule is O=C(c1ccccc1Cl)N1CCC(N2CCOC2=O)CC1. The number of cyclic esters (lactones) is 1. The van der Waals surface area contributed by atoms with Gasteiger partial charge in [-0.1, -0.05) is 23.7 Å². The monoisotopic (exact) mass is 308 g/mol. The highest BCUT2D eigenvalue weighted by molar-refractivity contribution is 6.33. The molecule has 6 heteroatoms. The normalized spacial score (nSPS) is 19.8. The summed E-state index contributed by atoms with van der Waals surface area (Å²) in [5, 5.41) is 0.479. The van der Waals surface area contributed by atoms with Gasteiger partial charge in [0.1, 0.15) is 6.61 Å². The van der Waals surface area contributed by atoms with E-state index in [1.165, 1.54) is 0 Å². The van der Waals surface area contributed by atoms with Gasteiger partial charge in [-0.05, 0) is 25.0 Å². The van der Waals surface area contributed by atoms with Crippen LogP contribution in [0.1, 0.15) is 23.2 Å². The molecular weight excluding hydrogens is 292 g/mol. The second kappa shape index (κ2) is 5.93. The molecule has 21 heavy (non-hydrogen) atoms. The van der Waals surface area contributed by atoms with E-state index < -0.39 is 0 Å². The van der Waals surface area contributed by atoms with Gasteiger partial charge in [-0.2, -0.15) is 0 Å². The highest BCUT2D eigenvalue weighted by Crippen LogP contribution is 2.23. The van der Waals surface area contributed by atoms with E-state index in [9.17, 15) is 9.59 Å². The van der Waals surface area contributed by atoms with Crippen LogP contribution in [-0.2, 0) is 4.74 Å². The molecule has 0 aliphatic carbocycles. The Hall–Kier alpha value is -1.75. The Morgan fingerprint density at radius 2 is 1.90 bits per heavy atom. The lowest BCUT2D eigenvalue weighted by atomic mass is 10.0. The molecule has 0 N–H and O–H groups in total. The number of hydrogen-bond donors (Lipinski definition) is 0. The predicted molar refractivity (Wildman–Crippen MR) is 78.4 cm³/mol. The molecule has 2 heterocycles. The highest BCUT2D eigenvalue weighted by atomic mass is 35.5. The van der Waals surface area contributed by atoms with Crippen LogP contribution in [0.2, 0.25) is 5.02 Å². The number of likely N-dealkylation sites (tertiary alicyclic amines) is 1. The number of rotatable bonds is 2. The number of ether oxygens (including phenoxy) is 1. The minimum absolute atomic E-state index is 0.0388. The third kappa shape index (κ3) is 2.83. The summed E-state index contributed by atoms with van der Waals surface area (Å²) in [7, 11) is 0. The number of halogens is 1. The fraction of sp³-hybridized carbons (Fsp3) is 0.467. The van der Waals surface area contributed by atoms with Crippen LogP contribution in [0.3, 0.4) is 0 Å². The molecule has 1 aromatic rings. The largest absolute Gasteiger partial charge is 0.448 e. The van der Waals surface area contributed by atoms with Gasteiger partial charge in [0, 0.05) is 19.1 Å². The van der Waals surface area contributed by atoms with Crippen LogP contribution in [0, 0.1) is 0 Å². The first kappa shape index (κ1) is 14.2. The number of benzene rings is 1. The van der Waals surface area contributed by atoms with Crippen LogP contribution in [0.25, 0.3) is 0 Å². The zero-order valence-corrected chi connectivity index (χ0v) is 12.4. The quantitative estimate of drug-likeness (QED) is 0.843. The molecule has 0 radical (unpaired) electrons. The molecule has 1 aromatic carbocycles. The van der Waals surface area contributed by atoms with Gasteiger partial charge in [0.05, 0.1) is 17.1 Å². The standard InChI is InChI=1S/C15H17ClN2O3/c16-13-4-2-1-3-12(13)14(19)17-7-5-11(6-8-17)18-9-10-21-15(18)20/h1-4,11H,5-10H2. The topological polar surface area (TPSA) is 49.9 Å². The van der Waals surface area contributed by atoms with Gasteiger partial charge < -0.3 is 14.5 Å². The van der Waals surface area contributed by atoms with Crippen LogP contribution >= 0.6 is 11.6 Å². The molecule has 2 aliphatic rings. The summed E-state index contributed by atoms with van der Waals surface area (Å²) in [5.74, 6) is -0.0388. The third-order valence-electron chi connectivity index (χ3n) is 4.09. The Labute approximate surface area is 128 Å². The molecule has 0 aromatic heterocycles. The molecule has 5 nitrogen and oxygen atoms in total. The van der Waals surface area contributed by atoms with Crippen LogP contribution in [0.4, 0.5) is 4.79 Å². The van der Waals surface area contributed by atoms with Crippen LogP contribution in [-0.4, -0.2) is 54.1 Å². The summed E-state index contributed by atoms with van der Waals surface area (Å²) in [5.41, 5.74) is 0.540. The molecule has 2 aliphatic heterocycles. The van der Waals surface area contributed by atoms with Crippen molar-refractivity contribution in [1.29, 1.82) is 0 Å². The van der Waals surface area contributed by atoms with E-state index in [0.717, 1.165) is 12.8 Å². The number of hydrogen-bond acceptors (Lipinski definition) is 3. The van der Waals surface area contributed by atoms with Crippen LogP contribution in [0.5, 0.6) is 0 Å². The molecule has 0 bridgehead atoms. The smallest absolute Gasteiger partial charge is 0.410 e. The lowest BCUT2D eigenvalue weighted by molar-refractivity contribution is 0.0659. The Kier molecular flexibility index (Phi) is 4.01. The summed E-state index contributed by atoms with van der Waals surface area (Å²) in [4.78, 5) is 27.6. The van der Waals surface area contributed by atoms with Crippen LogP contribution < -0.4 is 0 Å². The van der Waals surface area contributed by atoms with Crippen molar-refractivity contribution in [3.8, 4) is 0 Å². The summed E-state index contributed by atoms with van der Waals surface area (Å²) in [6, 6.07) is 7.27. The molecule has 2 fully saturated rings. The first-order valence-electron chi connectivity index (χ1n) is 7.14. The van der Waals surface area contributed by atoms with Gasteiger partial charge in [0.2, 0.25) is 0 Å². The Morgan fingerprint density at radius 3 is 2.52 bits per heavy atom. The van der Waals surface area contributed by atoms with Gasteiger partial charge in [0.15, 0.2) is 0 Å². The van der Waals surface area contributed by atoms with Crippen molar-refractivity contribution >= 4 is 23.6 Å². The maximum absolute atomic E-state index is 12.4. The van der Waals surface area contributed by atoms with E-state index in [-0.39, 0.29) is 18.0 Å². The van der Waals surface area contributed by atoms with Gasteiger partial charge in [0.25, 0.3) is 5.91 Å². The summed E-state index contributed by atoms with van der Waals surface area (Å²) in [6.45, 7) is 2.40. The Balaban J connectivity index is 1.62. The fourth-order valence-electron chi connectivity index (χ4n) is 2.92. The van der Waals surface area contributed by atoms with Crippen molar-refractivity contribution in [3.05, 3.63) is 34.9 Å². The highest BCUT2D eigenvalue weighted by Gasteiger charge is 2.33. The maximum atomic E-state index is 12.4. The molecule has 0 unspecified atom stereocenters. The summed E-state index contributed by atoms with van der Waals surface area (Å²) >= 11 is 6.07. The van der Waals surface area contributed by atoms with Crippen molar-refractivity contribution in [3.63, 3.8) is 0 Å². The summed E-state index contributed by atoms with van der Waals surface area (Å²) < 4.78 is 4.97.